The van der Waals surface area contributed by atoms with Crippen LogP contribution in [-0.2, 0) is 4.79 Å². The molecule has 0 aromatic heterocycles. The molecule has 4 aliphatic rings. The lowest BCUT2D eigenvalue weighted by Gasteiger charge is -2.63. The van der Waals surface area contributed by atoms with Crippen LogP contribution in [0, 0.1) is 33.5 Å². The number of Topliss-reactive ketones (excluding diaryl/α,β-unsaturated/α-hetero) is 1. The topological polar surface area (TPSA) is 17.1 Å². The Kier molecular flexibility index (Phi) is 2.68. The molecule has 4 aliphatic carbocycles. The van der Waals surface area contributed by atoms with Gasteiger partial charge in [0.05, 0.1) is 0 Å². The highest BCUT2D eigenvalue weighted by Gasteiger charge is 2.67. The van der Waals surface area contributed by atoms with Crippen molar-refractivity contribution in [3.05, 3.63) is 0 Å². The highest BCUT2D eigenvalue weighted by Crippen LogP contribution is 2.72. The SMILES string of the molecule is CC12CCC3C(CCC4C(C)(C)CCCC43C)(C1)C(=O)C2. The van der Waals surface area contributed by atoms with Crippen molar-refractivity contribution in [1.82, 2.24) is 0 Å². The van der Waals surface area contributed by atoms with Crippen LogP contribution < -0.4 is 0 Å². The second-order valence-electron chi connectivity index (χ2n) is 10.3. The van der Waals surface area contributed by atoms with Crippen LogP contribution in [0.1, 0.15) is 85.5 Å². The van der Waals surface area contributed by atoms with Gasteiger partial charge in [-0.3, -0.25) is 4.79 Å². The van der Waals surface area contributed by atoms with Gasteiger partial charge < -0.3 is 0 Å². The van der Waals surface area contributed by atoms with Gasteiger partial charge in [-0.2, -0.15) is 0 Å². The van der Waals surface area contributed by atoms with Crippen molar-refractivity contribution in [3.8, 4) is 0 Å². The molecule has 5 atom stereocenters. The fourth-order valence-corrected chi connectivity index (χ4v) is 7.82. The lowest BCUT2D eigenvalue weighted by molar-refractivity contribution is -0.163. The van der Waals surface area contributed by atoms with Gasteiger partial charge in [0.2, 0.25) is 0 Å². The Balaban J connectivity index is 1.78. The van der Waals surface area contributed by atoms with Crippen molar-refractivity contribution in [2.75, 3.05) is 0 Å². The average molecular weight is 288 g/mol. The third-order valence-corrected chi connectivity index (χ3v) is 8.54. The first-order valence-corrected chi connectivity index (χ1v) is 9.25. The molecule has 0 aliphatic heterocycles. The first-order valence-electron chi connectivity index (χ1n) is 9.25. The van der Waals surface area contributed by atoms with Gasteiger partial charge in [-0.1, -0.05) is 34.1 Å². The minimum Gasteiger partial charge on any atom is -0.299 e. The fraction of sp³-hybridized carbons (Fsp3) is 0.950. The van der Waals surface area contributed by atoms with Crippen molar-refractivity contribution < 1.29 is 4.79 Å². The van der Waals surface area contributed by atoms with E-state index in [4.69, 9.17) is 0 Å². The molecule has 0 aromatic rings. The smallest absolute Gasteiger partial charge is 0.139 e. The van der Waals surface area contributed by atoms with E-state index >= 15 is 0 Å². The molecule has 0 N–H and O–H groups in total. The Morgan fingerprint density at radius 2 is 1.62 bits per heavy atom. The van der Waals surface area contributed by atoms with Crippen LogP contribution in [0.2, 0.25) is 0 Å². The van der Waals surface area contributed by atoms with E-state index in [9.17, 15) is 4.79 Å². The van der Waals surface area contributed by atoms with Gasteiger partial charge in [-0.25, -0.2) is 0 Å². The van der Waals surface area contributed by atoms with E-state index in [0.29, 0.717) is 27.9 Å². The zero-order chi connectivity index (χ0) is 15.1. The van der Waals surface area contributed by atoms with Crippen molar-refractivity contribution >= 4 is 5.78 Å². The van der Waals surface area contributed by atoms with Crippen LogP contribution in [0.15, 0.2) is 0 Å². The molecular weight excluding hydrogens is 256 g/mol. The van der Waals surface area contributed by atoms with Gasteiger partial charge >= 0.3 is 0 Å². The Hall–Kier alpha value is -0.330. The Morgan fingerprint density at radius 1 is 0.905 bits per heavy atom. The Labute approximate surface area is 130 Å². The molecule has 2 bridgehead atoms. The maximum Gasteiger partial charge on any atom is 0.139 e. The first-order chi connectivity index (χ1) is 9.72. The maximum absolute atomic E-state index is 13.0. The molecule has 0 saturated heterocycles. The first kappa shape index (κ1) is 14.3. The number of hydrogen-bond donors (Lipinski definition) is 0. The van der Waals surface area contributed by atoms with Crippen LogP contribution in [0.5, 0.6) is 0 Å². The van der Waals surface area contributed by atoms with Crippen LogP contribution >= 0.6 is 0 Å². The summed E-state index contributed by atoms with van der Waals surface area (Å²) in [6, 6.07) is 0. The third kappa shape index (κ3) is 1.67. The molecule has 1 spiro atoms. The summed E-state index contributed by atoms with van der Waals surface area (Å²) in [5.41, 5.74) is 1.35. The number of fused-ring (bicyclic) bond motifs is 3. The largest absolute Gasteiger partial charge is 0.299 e. The van der Waals surface area contributed by atoms with Crippen molar-refractivity contribution in [3.63, 3.8) is 0 Å². The minimum absolute atomic E-state index is 0.0890. The fourth-order valence-electron chi connectivity index (χ4n) is 7.82. The molecule has 4 fully saturated rings. The number of carbonyl (C=O) groups excluding carboxylic acids is 1. The predicted octanol–water partition coefficient (Wildman–Crippen LogP) is 5.38. The minimum atomic E-state index is 0.0890. The Morgan fingerprint density at radius 3 is 2.38 bits per heavy atom. The summed E-state index contributed by atoms with van der Waals surface area (Å²) in [6.07, 6.45) is 11.4. The van der Waals surface area contributed by atoms with Gasteiger partial charge in [0.25, 0.3) is 0 Å². The van der Waals surface area contributed by atoms with E-state index in [2.05, 4.69) is 27.7 Å². The molecular formula is C20H32O. The molecule has 0 heterocycles. The summed E-state index contributed by atoms with van der Waals surface area (Å²) >= 11 is 0. The predicted molar refractivity (Wildman–Crippen MR) is 86.0 cm³/mol. The average Bonchev–Trinajstić information content (AvgIpc) is 2.53. The van der Waals surface area contributed by atoms with E-state index in [0.717, 1.165) is 12.3 Å². The van der Waals surface area contributed by atoms with Crippen molar-refractivity contribution in [2.24, 2.45) is 33.5 Å². The van der Waals surface area contributed by atoms with Gasteiger partial charge in [0.15, 0.2) is 0 Å². The highest BCUT2D eigenvalue weighted by atomic mass is 16.1. The molecule has 4 rings (SSSR count). The lowest BCUT2D eigenvalue weighted by atomic mass is 9.40. The molecule has 118 valence electrons. The number of ketones is 1. The molecule has 21 heavy (non-hydrogen) atoms. The third-order valence-electron chi connectivity index (χ3n) is 8.54. The maximum atomic E-state index is 13.0. The number of rotatable bonds is 0. The molecule has 5 unspecified atom stereocenters. The Bertz CT molecular complexity index is 492. The molecule has 0 aromatic carbocycles. The van der Waals surface area contributed by atoms with E-state index in [-0.39, 0.29) is 5.41 Å². The quantitative estimate of drug-likeness (QED) is 0.585. The summed E-state index contributed by atoms with van der Waals surface area (Å²) in [6.45, 7) is 9.94. The van der Waals surface area contributed by atoms with Crippen LogP contribution in [-0.4, -0.2) is 5.78 Å². The van der Waals surface area contributed by atoms with Crippen molar-refractivity contribution in [1.29, 1.82) is 0 Å². The number of carbonyl (C=O) groups is 1. The van der Waals surface area contributed by atoms with Crippen LogP contribution in [0.25, 0.3) is 0 Å². The molecule has 1 nitrogen and oxygen atoms in total. The molecule has 1 heteroatoms. The zero-order valence-corrected chi connectivity index (χ0v) is 14.4. The van der Waals surface area contributed by atoms with E-state index in [1.807, 2.05) is 0 Å². The van der Waals surface area contributed by atoms with Crippen molar-refractivity contribution in [2.45, 2.75) is 85.5 Å². The van der Waals surface area contributed by atoms with Gasteiger partial charge in [-0.15, -0.1) is 0 Å². The second-order valence-corrected chi connectivity index (χ2v) is 10.3. The number of hydrogen-bond acceptors (Lipinski definition) is 1. The zero-order valence-electron chi connectivity index (χ0n) is 14.4. The van der Waals surface area contributed by atoms with Gasteiger partial charge in [-0.05, 0) is 73.0 Å². The van der Waals surface area contributed by atoms with Crippen LogP contribution in [0.3, 0.4) is 0 Å². The summed E-state index contributed by atoms with van der Waals surface area (Å²) < 4.78 is 0. The second kappa shape index (κ2) is 3.95. The van der Waals surface area contributed by atoms with E-state index in [1.165, 1.54) is 51.4 Å². The lowest BCUT2D eigenvalue weighted by Crippen LogP contribution is -2.57. The summed E-state index contributed by atoms with van der Waals surface area (Å²) in [7, 11) is 0. The molecule has 0 radical (unpaired) electrons. The van der Waals surface area contributed by atoms with E-state index < -0.39 is 0 Å². The van der Waals surface area contributed by atoms with Crippen LogP contribution in [0.4, 0.5) is 0 Å². The van der Waals surface area contributed by atoms with Gasteiger partial charge in [0, 0.05) is 11.8 Å². The summed E-state index contributed by atoms with van der Waals surface area (Å²) in [5, 5.41) is 0. The summed E-state index contributed by atoms with van der Waals surface area (Å²) in [4.78, 5) is 13.0. The monoisotopic (exact) mass is 288 g/mol. The normalized spacial score (nSPS) is 55.0. The highest BCUT2D eigenvalue weighted by molar-refractivity contribution is 5.89. The standard InChI is InChI=1S/C20H32O/c1-17(2)8-5-9-19(4)14(17)7-11-20-13-18(3,12-16(20)21)10-6-15(19)20/h14-15H,5-13H2,1-4H3. The molecule has 4 saturated carbocycles. The van der Waals surface area contributed by atoms with Gasteiger partial charge in [0.1, 0.15) is 5.78 Å². The molecule has 0 amide bonds. The van der Waals surface area contributed by atoms with E-state index in [1.54, 1.807) is 0 Å². The summed E-state index contributed by atoms with van der Waals surface area (Å²) in [5.74, 6) is 2.18.